The molecular formula is C20H19N5. The summed E-state index contributed by atoms with van der Waals surface area (Å²) < 4.78 is 0. The van der Waals surface area contributed by atoms with E-state index < -0.39 is 0 Å². The fourth-order valence-corrected chi connectivity index (χ4v) is 3.01. The van der Waals surface area contributed by atoms with Gasteiger partial charge in [-0.05, 0) is 47.0 Å². The van der Waals surface area contributed by atoms with Gasteiger partial charge in [0, 0.05) is 25.1 Å². The monoisotopic (exact) mass is 329 g/mol. The molecule has 0 saturated heterocycles. The minimum Gasteiger partial charge on any atom is -0.397 e. The Balaban J connectivity index is 1.54. The number of nitrogens with two attached hydrogens (primary N) is 1. The standard InChI is InChI=1S/C20H19N5/c1-14(25-12-17-3-2-8-23-20(17)13-25)24-19-11-16(4-5-18(19)21)15-6-9-22-10-7-15/h2-11,24H,1,12-13,21H2. The average Bonchev–Trinajstić information content (AvgIpc) is 3.08. The van der Waals surface area contributed by atoms with Gasteiger partial charge < -0.3 is 16.0 Å². The summed E-state index contributed by atoms with van der Waals surface area (Å²) in [6.07, 6.45) is 5.40. The molecule has 0 unspecified atom stereocenters. The quantitative estimate of drug-likeness (QED) is 0.716. The van der Waals surface area contributed by atoms with Crippen LogP contribution in [0, 0.1) is 0 Å². The Hall–Kier alpha value is -3.34. The maximum Gasteiger partial charge on any atom is 0.0990 e. The van der Waals surface area contributed by atoms with Crippen molar-refractivity contribution in [3.63, 3.8) is 0 Å². The number of anilines is 2. The summed E-state index contributed by atoms with van der Waals surface area (Å²) >= 11 is 0. The highest BCUT2D eigenvalue weighted by Gasteiger charge is 2.21. The summed E-state index contributed by atoms with van der Waals surface area (Å²) in [6.45, 7) is 5.74. The van der Waals surface area contributed by atoms with Crippen molar-refractivity contribution in [3.8, 4) is 11.1 Å². The van der Waals surface area contributed by atoms with Gasteiger partial charge in [-0.15, -0.1) is 0 Å². The van der Waals surface area contributed by atoms with Gasteiger partial charge in [-0.1, -0.05) is 18.7 Å². The highest BCUT2D eigenvalue weighted by Crippen LogP contribution is 2.30. The van der Waals surface area contributed by atoms with E-state index in [0.29, 0.717) is 5.69 Å². The predicted octanol–water partition coefficient (Wildman–Crippen LogP) is 3.62. The number of hydrogen-bond acceptors (Lipinski definition) is 5. The zero-order chi connectivity index (χ0) is 17.2. The Kier molecular flexibility index (Phi) is 3.82. The first-order valence-corrected chi connectivity index (χ1v) is 8.14. The van der Waals surface area contributed by atoms with Crippen molar-refractivity contribution in [1.29, 1.82) is 0 Å². The van der Waals surface area contributed by atoms with Gasteiger partial charge in [-0.3, -0.25) is 9.97 Å². The third kappa shape index (κ3) is 3.04. The fraction of sp³-hybridized carbons (Fsp3) is 0.100. The van der Waals surface area contributed by atoms with Crippen LogP contribution in [0.1, 0.15) is 11.3 Å². The Morgan fingerprint density at radius 2 is 1.88 bits per heavy atom. The minimum absolute atomic E-state index is 0.689. The normalized spacial score (nSPS) is 12.7. The van der Waals surface area contributed by atoms with Crippen molar-refractivity contribution in [2.75, 3.05) is 11.1 Å². The molecule has 1 aromatic carbocycles. The number of nitrogen functional groups attached to an aromatic ring is 1. The van der Waals surface area contributed by atoms with Crippen LogP contribution in [0.15, 0.2) is 73.5 Å². The molecule has 0 bridgehead atoms. The van der Waals surface area contributed by atoms with Gasteiger partial charge in [0.15, 0.2) is 0 Å². The maximum atomic E-state index is 6.15. The summed E-state index contributed by atoms with van der Waals surface area (Å²) in [6, 6.07) is 14.0. The molecule has 25 heavy (non-hydrogen) atoms. The third-order valence-electron chi connectivity index (χ3n) is 4.41. The number of hydrogen-bond donors (Lipinski definition) is 2. The minimum atomic E-state index is 0.689. The molecule has 0 amide bonds. The average molecular weight is 329 g/mol. The highest BCUT2D eigenvalue weighted by atomic mass is 15.3. The summed E-state index contributed by atoms with van der Waals surface area (Å²) in [5.41, 5.74) is 12.2. The highest BCUT2D eigenvalue weighted by molar-refractivity contribution is 5.76. The first-order chi connectivity index (χ1) is 12.2. The van der Waals surface area contributed by atoms with Crippen LogP contribution >= 0.6 is 0 Å². The molecule has 2 aromatic heterocycles. The number of benzene rings is 1. The molecule has 124 valence electrons. The van der Waals surface area contributed by atoms with Crippen molar-refractivity contribution in [2.45, 2.75) is 13.1 Å². The second-order valence-electron chi connectivity index (χ2n) is 6.07. The lowest BCUT2D eigenvalue weighted by Gasteiger charge is -2.22. The summed E-state index contributed by atoms with van der Waals surface area (Å²) in [4.78, 5) is 10.7. The molecule has 3 aromatic rings. The SMILES string of the molecule is C=C(Nc1cc(-c2ccncc2)ccc1N)N1Cc2cccnc2C1. The molecular weight excluding hydrogens is 310 g/mol. The zero-order valence-electron chi connectivity index (χ0n) is 13.8. The molecule has 3 N–H and O–H groups in total. The Morgan fingerprint density at radius 3 is 2.68 bits per heavy atom. The van der Waals surface area contributed by atoms with E-state index in [9.17, 15) is 0 Å². The van der Waals surface area contributed by atoms with Crippen LogP contribution < -0.4 is 11.1 Å². The van der Waals surface area contributed by atoms with Gasteiger partial charge in [0.05, 0.1) is 29.4 Å². The summed E-state index contributed by atoms with van der Waals surface area (Å²) in [7, 11) is 0. The molecule has 0 spiro atoms. The molecule has 0 aliphatic carbocycles. The van der Waals surface area contributed by atoms with Crippen LogP contribution in [0.5, 0.6) is 0 Å². The molecule has 0 atom stereocenters. The molecule has 1 aliphatic heterocycles. The lowest BCUT2D eigenvalue weighted by Crippen LogP contribution is -2.21. The summed E-state index contributed by atoms with van der Waals surface area (Å²) in [5, 5.41) is 3.36. The van der Waals surface area contributed by atoms with Crippen molar-refractivity contribution >= 4 is 11.4 Å². The maximum absolute atomic E-state index is 6.15. The number of rotatable bonds is 4. The number of aromatic nitrogens is 2. The molecule has 4 rings (SSSR count). The zero-order valence-corrected chi connectivity index (χ0v) is 13.8. The van der Waals surface area contributed by atoms with E-state index in [0.717, 1.165) is 41.4 Å². The second kappa shape index (κ2) is 6.28. The van der Waals surface area contributed by atoms with Crippen LogP contribution in [-0.2, 0) is 13.1 Å². The number of pyridine rings is 2. The van der Waals surface area contributed by atoms with Crippen molar-refractivity contribution < 1.29 is 0 Å². The van der Waals surface area contributed by atoms with Gasteiger partial charge in [-0.2, -0.15) is 0 Å². The Bertz CT molecular complexity index is 895. The van der Waals surface area contributed by atoms with Crippen molar-refractivity contribution in [1.82, 2.24) is 14.9 Å². The van der Waals surface area contributed by atoms with E-state index in [2.05, 4.69) is 32.8 Å². The van der Waals surface area contributed by atoms with Gasteiger partial charge in [0.2, 0.25) is 0 Å². The lowest BCUT2D eigenvalue weighted by atomic mass is 10.1. The Labute approximate surface area is 146 Å². The number of nitrogens with zero attached hydrogens (tertiary/aromatic N) is 3. The fourth-order valence-electron chi connectivity index (χ4n) is 3.01. The molecule has 5 heteroatoms. The number of fused-ring (bicyclic) bond motifs is 1. The van der Waals surface area contributed by atoms with Crippen molar-refractivity contribution in [3.05, 3.63) is 84.7 Å². The van der Waals surface area contributed by atoms with Crippen LogP contribution in [0.2, 0.25) is 0 Å². The van der Waals surface area contributed by atoms with Crippen LogP contribution in [0.25, 0.3) is 11.1 Å². The first kappa shape index (κ1) is 15.2. The van der Waals surface area contributed by atoms with E-state index in [-0.39, 0.29) is 0 Å². The molecule has 0 fully saturated rings. The third-order valence-corrected chi connectivity index (χ3v) is 4.41. The van der Waals surface area contributed by atoms with E-state index in [4.69, 9.17) is 5.73 Å². The van der Waals surface area contributed by atoms with E-state index in [1.165, 1.54) is 5.56 Å². The number of nitrogens with one attached hydrogen (secondary N) is 1. The Morgan fingerprint density at radius 1 is 1.04 bits per heavy atom. The van der Waals surface area contributed by atoms with Gasteiger partial charge in [0.1, 0.15) is 0 Å². The molecule has 5 nitrogen and oxygen atoms in total. The van der Waals surface area contributed by atoms with Gasteiger partial charge >= 0.3 is 0 Å². The smallest absolute Gasteiger partial charge is 0.0990 e. The molecule has 3 heterocycles. The van der Waals surface area contributed by atoms with Crippen LogP contribution in [0.4, 0.5) is 11.4 Å². The summed E-state index contributed by atoms with van der Waals surface area (Å²) in [5.74, 6) is 0.816. The molecule has 1 aliphatic rings. The largest absolute Gasteiger partial charge is 0.397 e. The topological polar surface area (TPSA) is 67.1 Å². The van der Waals surface area contributed by atoms with Gasteiger partial charge in [0.25, 0.3) is 0 Å². The van der Waals surface area contributed by atoms with Crippen LogP contribution in [0.3, 0.4) is 0 Å². The van der Waals surface area contributed by atoms with Gasteiger partial charge in [-0.25, -0.2) is 0 Å². The van der Waals surface area contributed by atoms with E-state index in [1.807, 2.05) is 42.6 Å². The molecule has 0 saturated carbocycles. The second-order valence-corrected chi connectivity index (χ2v) is 6.07. The lowest BCUT2D eigenvalue weighted by molar-refractivity contribution is 0.366. The molecule has 0 radical (unpaired) electrons. The first-order valence-electron chi connectivity index (χ1n) is 8.14. The van der Waals surface area contributed by atoms with Crippen LogP contribution in [-0.4, -0.2) is 14.9 Å². The van der Waals surface area contributed by atoms with Crippen molar-refractivity contribution in [2.24, 2.45) is 0 Å². The van der Waals surface area contributed by atoms with E-state index >= 15 is 0 Å². The predicted molar refractivity (Wildman–Crippen MR) is 100 cm³/mol. The van der Waals surface area contributed by atoms with E-state index in [1.54, 1.807) is 12.4 Å².